The third-order valence-corrected chi connectivity index (χ3v) is 5.39. The SMILES string of the molecule is CCC(=O)NC(c1nnc2n1CCN(Cc1ccc(O)cc1OC)CC2)C(C)C. The van der Waals surface area contributed by atoms with E-state index in [9.17, 15) is 9.90 Å². The van der Waals surface area contributed by atoms with Crippen LogP contribution < -0.4 is 10.1 Å². The van der Waals surface area contributed by atoms with E-state index in [1.54, 1.807) is 19.2 Å². The van der Waals surface area contributed by atoms with Crippen molar-refractivity contribution in [2.45, 2.75) is 52.7 Å². The zero-order valence-corrected chi connectivity index (χ0v) is 17.7. The van der Waals surface area contributed by atoms with Crippen molar-refractivity contribution in [2.75, 3.05) is 20.2 Å². The summed E-state index contributed by atoms with van der Waals surface area (Å²) >= 11 is 0. The van der Waals surface area contributed by atoms with Crippen LogP contribution in [0.25, 0.3) is 0 Å². The number of aromatic nitrogens is 3. The van der Waals surface area contributed by atoms with Crippen molar-refractivity contribution in [3.63, 3.8) is 0 Å². The average molecular weight is 402 g/mol. The van der Waals surface area contributed by atoms with Gasteiger partial charge in [0.2, 0.25) is 5.91 Å². The number of phenolic OH excluding ortho intramolecular Hbond substituents is 1. The van der Waals surface area contributed by atoms with Gasteiger partial charge in [0.15, 0.2) is 5.82 Å². The molecular weight excluding hydrogens is 370 g/mol. The van der Waals surface area contributed by atoms with Gasteiger partial charge < -0.3 is 19.7 Å². The van der Waals surface area contributed by atoms with Gasteiger partial charge in [-0.3, -0.25) is 9.69 Å². The molecule has 1 atom stereocenters. The highest BCUT2D eigenvalue weighted by molar-refractivity contribution is 5.75. The summed E-state index contributed by atoms with van der Waals surface area (Å²) in [5.41, 5.74) is 1.04. The summed E-state index contributed by atoms with van der Waals surface area (Å²) in [6.07, 6.45) is 1.24. The van der Waals surface area contributed by atoms with Crippen LogP contribution in [0.4, 0.5) is 0 Å². The summed E-state index contributed by atoms with van der Waals surface area (Å²) < 4.78 is 7.58. The Kier molecular flexibility index (Phi) is 6.74. The Labute approximate surface area is 171 Å². The zero-order chi connectivity index (χ0) is 21.0. The summed E-state index contributed by atoms with van der Waals surface area (Å²) in [5.74, 6) is 2.93. The van der Waals surface area contributed by atoms with E-state index in [4.69, 9.17) is 4.74 Å². The van der Waals surface area contributed by atoms with Crippen molar-refractivity contribution in [3.05, 3.63) is 35.4 Å². The number of methoxy groups -OCH3 is 1. The lowest BCUT2D eigenvalue weighted by molar-refractivity contribution is -0.121. The fourth-order valence-electron chi connectivity index (χ4n) is 3.69. The van der Waals surface area contributed by atoms with Crippen molar-refractivity contribution in [1.29, 1.82) is 0 Å². The van der Waals surface area contributed by atoms with E-state index < -0.39 is 0 Å². The highest BCUT2D eigenvalue weighted by Crippen LogP contribution is 2.26. The second-order valence-corrected chi connectivity index (χ2v) is 7.79. The van der Waals surface area contributed by atoms with Gasteiger partial charge in [-0.15, -0.1) is 10.2 Å². The molecular formula is C21H31N5O3. The smallest absolute Gasteiger partial charge is 0.220 e. The molecule has 1 aliphatic rings. The summed E-state index contributed by atoms with van der Waals surface area (Å²) in [4.78, 5) is 14.3. The predicted octanol–water partition coefficient (Wildman–Crippen LogP) is 2.27. The van der Waals surface area contributed by atoms with Crippen LogP contribution in [0.2, 0.25) is 0 Å². The monoisotopic (exact) mass is 401 g/mol. The van der Waals surface area contributed by atoms with Crippen LogP contribution >= 0.6 is 0 Å². The van der Waals surface area contributed by atoms with Gasteiger partial charge in [-0.05, 0) is 12.0 Å². The molecule has 0 saturated heterocycles. The molecule has 1 amide bonds. The second kappa shape index (κ2) is 9.26. The molecule has 8 nitrogen and oxygen atoms in total. The summed E-state index contributed by atoms with van der Waals surface area (Å²) in [5, 5.41) is 21.6. The number of amides is 1. The maximum atomic E-state index is 12.0. The Morgan fingerprint density at radius 2 is 2.07 bits per heavy atom. The lowest BCUT2D eigenvalue weighted by atomic mass is 10.0. The Morgan fingerprint density at radius 1 is 1.28 bits per heavy atom. The second-order valence-electron chi connectivity index (χ2n) is 7.79. The first kappa shape index (κ1) is 21.1. The first-order chi connectivity index (χ1) is 13.9. The van der Waals surface area contributed by atoms with Crippen LogP contribution in [0.15, 0.2) is 18.2 Å². The Morgan fingerprint density at radius 3 is 2.76 bits per heavy atom. The number of fused-ring (bicyclic) bond motifs is 1. The van der Waals surface area contributed by atoms with E-state index in [2.05, 4.69) is 38.8 Å². The fraction of sp³-hybridized carbons (Fsp3) is 0.571. The first-order valence-electron chi connectivity index (χ1n) is 10.2. The Balaban J connectivity index is 1.75. The molecule has 1 unspecified atom stereocenters. The molecule has 2 N–H and O–H groups in total. The lowest BCUT2D eigenvalue weighted by Gasteiger charge is -2.23. The van der Waals surface area contributed by atoms with Crippen LogP contribution in [0.1, 0.15) is 50.4 Å². The molecule has 0 bridgehead atoms. The van der Waals surface area contributed by atoms with Crippen molar-refractivity contribution >= 4 is 5.91 Å². The maximum Gasteiger partial charge on any atom is 0.220 e. The Bertz CT molecular complexity index is 849. The van der Waals surface area contributed by atoms with Gasteiger partial charge >= 0.3 is 0 Å². The lowest BCUT2D eigenvalue weighted by Crippen LogP contribution is -2.34. The number of ether oxygens (including phenoxy) is 1. The normalized spacial score (nSPS) is 15.6. The minimum Gasteiger partial charge on any atom is -0.508 e. The van der Waals surface area contributed by atoms with Crippen molar-refractivity contribution in [3.8, 4) is 11.5 Å². The molecule has 8 heteroatoms. The molecule has 0 aliphatic carbocycles. The topological polar surface area (TPSA) is 92.5 Å². The number of phenols is 1. The van der Waals surface area contributed by atoms with Gasteiger partial charge in [-0.1, -0.05) is 26.8 Å². The molecule has 0 spiro atoms. The van der Waals surface area contributed by atoms with Gasteiger partial charge in [0.1, 0.15) is 17.3 Å². The van der Waals surface area contributed by atoms with Gasteiger partial charge in [0.05, 0.1) is 13.2 Å². The van der Waals surface area contributed by atoms with Crippen LogP contribution in [0.3, 0.4) is 0 Å². The van der Waals surface area contributed by atoms with Gasteiger partial charge in [-0.25, -0.2) is 0 Å². The summed E-state index contributed by atoms with van der Waals surface area (Å²) in [6, 6.07) is 5.09. The van der Waals surface area contributed by atoms with E-state index in [1.165, 1.54) is 0 Å². The number of aromatic hydroxyl groups is 1. The highest BCUT2D eigenvalue weighted by Gasteiger charge is 2.27. The van der Waals surface area contributed by atoms with E-state index in [0.29, 0.717) is 12.2 Å². The highest BCUT2D eigenvalue weighted by atomic mass is 16.5. The third-order valence-electron chi connectivity index (χ3n) is 5.39. The number of hydrogen-bond acceptors (Lipinski definition) is 6. The van der Waals surface area contributed by atoms with Crippen LogP contribution in [0, 0.1) is 5.92 Å². The molecule has 2 heterocycles. The number of hydrogen-bond donors (Lipinski definition) is 2. The maximum absolute atomic E-state index is 12.0. The fourth-order valence-corrected chi connectivity index (χ4v) is 3.69. The number of carbonyl (C=O) groups is 1. The first-order valence-corrected chi connectivity index (χ1v) is 10.2. The van der Waals surface area contributed by atoms with Gasteiger partial charge in [-0.2, -0.15) is 0 Å². The molecule has 1 aliphatic heterocycles. The number of benzene rings is 1. The molecule has 0 saturated carbocycles. The van der Waals surface area contributed by atoms with Crippen molar-refractivity contribution in [1.82, 2.24) is 25.0 Å². The predicted molar refractivity (Wildman–Crippen MR) is 110 cm³/mol. The minimum atomic E-state index is -0.146. The van der Waals surface area contributed by atoms with E-state index in [1.807, 2.05) is 13.0 Å². The van der Waals surface area contributed by atoms with Crippen LogP contribution in [-0.4, -0.2) is 50.9 Å². The molecule has 0 radical (unpaired) electrons. The van der Waals surface area contributed by atoms with Crippen molar-refractivity contribution in [2.24, 2.45) is 5.92 Å². The molecule has 1 aromatic heterocycles. The minimum absolute atomic E-state index is 0.0238. The zero-order valence-electron chi connectivity index (χ0n) is 17.7. The third kappa shape index (κ3) is 4.87. The standard InChI is InChI=1S/C21H31N5O3/c1-5-19(28)22-20(14(2)3)21-24-23-18-8-9-25(10-11-26(18)21)13-15-6-7-16(27)12-17(15)29-4/h6-7,12,14,20,27H,5,8-11,13H2,1-4H3,(H,22,28). The number of nitrogens with one attached hydrogen (secondary N) is 1. The van der Waals surface area contributed by atoms with Gasteiger partial charge in [0.25, 0.3) is 0 Å². The molecule has 158 valence electrons. The molecule has 2 aromatic rings. The van der Waals surface area contributed by atoms with Crippen LogP contribution in [-0.2, 0) is 24.3 Å². The van der Waals surface area contributed by atoms with E-state index in [0.717, 1.165) is 49.8 Å². The van der Waals surface area contributed by atoms with Gasteiger partial charge in [0, 0.05) is 50.7 Å². The molecule has 1 aromatic carbocycles. The van der Waals surface area contributed by atoms with E-state index in [-0.39, 0.29) is 23.6 Å². The molecule has 29 heavy (non-hydrogen) atoms. The van der Waals surface area contributed by atoms with Crippen LogP contribution in [0.5, 0.6) is 11.5 Å². The quantitative estimate of drug-likeness (QED) is 0.739. The Hall–Kier alpha value is -2.61. The average Bonchev–Trinajstić information content (AvgIpc) is 3.00. The number of nitrogens with zero attached hydrogens (tertiary/aromatic N) is 4. The summed E-state index contributed by atoms with van der Waals surface area (Å²) in [7, 11) is 1.62. The number of carbonyl (C=O) groups excluding carboxylic acids is 1. The largest absolute Gasteiger partial charge is 0.508 e. The molecule has 0 fully saturated rings. The summed E-state index contributed by atoms with van der Waals surface area (Å²) in [6.45, 7) is 9.22. The molecule has 3 rings (SSSR count). The number of rotatable bonds is 7. The van der Waals surface area contributed by atoms with Crippen molar-refractivity contribution < 1.29 is 14.6 Å². The van der Waals surface area contributed by atoms with E-state index >= 15 is 0 Å².